The molecule has 3 aromatic carbocycles. The summed E-state index contributed by atoms with van der Waals surface area (Å²) in [5, 5.41) is 3.46. The molecule has 1 saturated heterocycles. The number of benzene rings is 3. The van der Waals surface area contributed by atoms with Gasteiger partial charge in [0.25, 0.3) is 5.92 Å². The van der Waals surface area contributed by atoms with Gasteiger partial charge in [-0.2, -0.15) is 0 Å². The van der Waals surface area contributed by atoms with Crippen molar-refractivity contribution in [2.45, 2.75) is 25.3 Å². The Morgan fingerprint density at radius 3 is 2.31 bits per heavy atom. The summed E-state index contributed by atoms with van der Waals surface area (Å²) < 4.78 is 46.6. The number of hydrogen-bond donors (Lipinski definition) is 1. The second kappa shape index (κ2) is 9.78. The number of fused-ring (bicyclic) bond motifs is 1. The van der Waals surface area contributed by atoms with Crippen LogP contribution in [0.3, 0.4) is 0 Å². The van der Waals surface area contributed by atoms with Crippen molar-refractivity contribution < 1.29 is 22.4 Å². The molecule has 8 heteroatoms. The monoisotopic (exact) mass is 508 g/mol. The zero-order valence-electron chi connectivity index (χ0n) is 19.3. The van der Waals surface area contributed by atoms with Crippen LogP contribution in [0.2, 0.25) is 0 Å². The van der Waals surface area contributed by atoms with Gasteiger partial charge in [-0.05, 0) is 47.0 Å². The van der Waals surface area contributed by atoms with Crippen molar-refractivity contribution in [1.29, 1.82) is 0 Å². The molecule has 0 aliphatic carbocycles. The van der Waals surface area contributed by atoms with E-state index in [1.165, 1.54) is 12.1 Å². The Hall–Kier alpha value is -3.65. The molecular formula is C28H23F3N2O2S. The molecule has 4 aromatic rings. The lowest BCUT2D eigenvalue weighted by Gasteiger charge is -2.33. The van der Waals surface area contributed by atoms with Crippen molar-refractivity contribution in [2.24, 2.45) is 0 Å². The lowest BCUT2D eigenvalue weighted by atomic mass is 9.96. The number of amides is 1. The Kier molecular flexibility index (Phi) is 6.53. The number of alkyl halides is 2. The molecule has 0 radical (unpaired) electrons. The van der Waals surface area contributed by atoms with E-state index < -0.39 is 5.92 Å². The van der Waals surface area contributed by atoms with Gasteiger partial charge in [-0.25, -0.2) is 13.2 Å². The lowest BCUT2D eigenvalue weighted by Crippen LogP contribution is -2.42. The summed E-state index contributed by atoms with van der Waals surface area (Å²) >= 11 is 5.58. The molecule has 0 spiro atoms. The summed E-state index contributed by atoms with van der Waals surface area (Å²) in [6.45, 7) is 0.741. The molecule has 1 fully saturated rings. The van der Waals surface area contributed by atoms with E-state index in [4.69, 9.17) is 16.6 Å². The third kappa shape index (κ3) is 4.99. The Bertz CT molecular complexity index is 1410. The van der Waals surface area contributed by atoms with E-state index in [2.05, 4.69) is 5.32 Å². The van der Waals surface area contributed by atoms with Gasteiger partial charge < -0.3 is 14.6 Å². The molecule has 1 N–H and O–H groups in total. The number of thiocarbonyl (C=S) groups is 1. The fraction of sp³-hybridized carbons (Fsp3) is 0.214. The predicted octanol–water partition coefficient (Wildman–Crippen LogP) is 6.56. The fourth-order valence-electron chi connectivity index (χ4n) is 4.47. The second-order valence-corrected chi connectivity index (χ2v) is 9.27. The number of nitrogens with one attached hydrogen (secondary N) is 1. The number of halogens is 3. The number of carbonyl (C=O) groups is 1. The Balaban J connectivity index is 1.48. The minimum absolute atomic E-state index is 0.188. The van der Waals surface area contributed by atoms with Crippen LogP contribution in [0.25, 0.3) is 33.2 Å². The summed E-state index contributed by atoms with van der Waals surface area (Å²) in [6.07, 6.45) is 0.236. The number of piperidine rings is 1. The van der Waals surface area contributed by atoms with Gasteiger partial charge in [-0.15, -0.1) is 0 Å². The number of rotatable bonds is 6. The van der Waals surface area contributed by atoms with Crippen LogP contribution in [0.4, 0.5) is 13.2 Å². The van der Waals surface area contributed by atoms with Gasteiger partial charge >= 0.3 is 0 Å². The topological polar surface area (TPSA) is 45.5 Å². The van der Waals surface area contributed by atoms with E-state index in [1.54, 1.807) is 12.1 Å². The molecule has 1 aliphatic rings. The van der Waals surface area contributed by atoms with Gasteiger partial charge in [0.2, 0.25) is 6.41 Å². The molecule has 0 unspecified atom stereocenters. The van der Waals surface area contributed by atoms with Gasteiger partial charge in [0, 0.05) is 42.4 Å². The van der Waals surface area contributed by atoms with E-state index >= 15 is 0 Å². The molecule has 0 bridgehead atoms. The highest BCUT2D eigenvalue weighted by atomic mass is 32.1. The summed E-state index contributed by atoms with van der Waals surface area (Å²) in [5.41, 5.74) is 4.91. The van der Waals surface area contributed by atoms with E-state index in [0.717, 1.165) is 33.2 Å². The van der Waals surface area contributed by atoms with Crippen molar-refractivity contribution in [1.82, 2.24) is 10.2 Å². The van der Waals surface area contributed by atoms with Crippen LogP contribution in [0.15, 0.2) is 71.1 Å². The minimum Gasteiger partial charge on any atom is -0.459 e. The highest BCUT2D eigenvalue weighted by molar-refractivity contribution is 7.80. The average molecular weight is 509 g/mol. The number of furan rings is 1. The largest absolute Gasteiger partial charge is 0.459 e. The molecule has 36 heavy (non-hydrogen) atoms. The molecule has 5 rings (SSSR count). The maximum absolute atomic E-state index is 13.6. The van der Waals surface area contributed by atoms with Gasteiger partial charge in [0.05, 0.1) is 6.54 Å². The maximum Gasteiger partial charge on any atom is 0.251 e. The predicted molar refractivity (Wildman–Crippen MR) is 137 cm³/mol. The zero-order valence-corrected chi connectivity index (χ0v) is 20.1. The third-order valence-electron chi connectivity index (χ3n) is 6.43. The molecule has 2 heterocycles. The maximum atomic E-state index is 13.6. The summed E-state index contributed by atoms with van der Waals surface area (Å²) in [7, 11) is 0. The first-order valence-electron chi connectivity index (χ1n) is 11.6. The molecule has 4 nitrogen and oxygen atoms in total. The van der Waals surface area contributed by atoms with Gasteiger partial charge in [-0.3, -0.25) is 4.79 Å². The highest BCUT2D eigenvalue weighted by Gasteiger charge is 2.34. The normalized spacial score (nSPS) is 15.1. The van der Waals surface area contributed by atoms with Crippen LogP contribution in [0, 0.1) is 5.82 Å². The van der Waals surface area contributed by atoms with Gasteiger partial charge in [0.1, 0.15) is 22.1 Å². The highest BCUT2D eigenvalue weighted by Crippen LogP contribution is 2.36. The summed E-state index contributed by atoms with van der Waals surface area (Å²) in [5.74, 6) is -2.34. The first-order chi connectivity index (χ1) is 17.3. The molecule has 184 valence electrons. The zero-order chi connectivity index (χ0) is 25.3. The Morgan fingerprint density at radius 1 is 0.972 bits per heavy atom. The number of likely N-dealkylation sites (tertiary alicyclic amines) is 1. The molecule has 0 saturated carbocycles. The van der Waals surface area contributed by atoms with E-state index in [9.17, 15) is 18.0 Å². The first kappa shape index (κ1) is 24.1. The van der Waals surface area contributed by atoms with Crippen LogP contribution in [-0.2, 0) is 11.3 Å². The summed E-state index contributed by atoms with van der Waals surface area (Å²) in [6, 6.07) is 19.8. The van der Waals surface area contributed by atoms with Crippen LogP contribution in [0.1, 0.15) is 24.2 Å². The van der Waals surface area contributed by atoms with Crippen LogP contribution in [-0.4, -0.2) is 35.3 Å². The van der Waals surface area contributed by atoms with E-state index in [1.807, 2.05) is 47.4 Å². The standard InChI is InChI=1S/C28H23F3N2O2S/c29-23-7-5-19(6-8-23)25-15-21(13-22-14-24(16-32-17-34)35-26(22)25)18-1-3-20(4-2-18)27(36)33-11-9-28(30,31)10-12-33/h1-8,13-15,17H,9-12,16H2,(H,32,34). The number of nitrogens with zero attached hydrogens (tertiary/aromatic N) is 1. The van der Waals surface area contributed by atoms with E-state index in [-0.39, 0.29) is 38.3 Å². The van der Waals surface area contributed by atoms with Crippen LogP contribution in [0.5, 0.6) is 0 Å². The van der Waals surface area contributed by atoms with Crippen molar-refractivity contribution in [2.75, 3.05) is 13.1 Å². The number of hydrogen-bond acceptors (Lipinski definition) is 3. The smallest absolute Gasteiger partial charge is 0.251 e. The quantitative estimate of drug-likeness (QED) is 0.237. The third-order valence-corrected chi connectivity index (χ3v) is 6.92. The molecule has 1 aromatic heterocycles. The molecule has 1 aliphatic heterocycles. The van der Waals surface area contributed by atoms with Gasteiger partial charge in [-0.1, -0.05) is 48.6 Å². The first-order valence-corrected chi connectivity index (χ1v) is 12.0. The van der Waals surface area contributed by atoms with Crippen molar-refractivity contribution in [3.63, 3.8) is 0 Å². The molecule has 0 atom stereocenters. The van der Waals surface area contributed by atoms with Gasteiger partial charge in [0.15, 0.2) is 0 Å². The SMILES string of the molecule is O=CNCc1cc2cc(-c3ccc(C(=S)N4CCC(F)(F)CC4)cc3)cc(-c3ccc(F)cc3)c2o1. The molecule has 1 amide bonds. The number of carbonyl (C=O) groups excluding carboxylic acids is 1. The fourth-order valence-corrected chi connectivity index (χ4v) is 4.79. The Labute approximate surface area is 211 Å². The Morgan fingerprint density at radius 2 is 1.64 bits per heavy atom. The van der Waals surface area contributed by atoms with Crippen LogP contribution >= 0.6 is 12.2 Å². The van der Waals surface area contributed by atoms with Crippen molar-refractivity contribution in [3.05, 3.63) is 83.9 Å². The average Bonchev–Trinajstić information content (AvgIpc) is 3.30. The lowest BCUT2D eigenvalue weighted by molar-refractivity contribution is -0.109. The van der Waals surface area contributed by atoms with Crippen molar-refractivity contribution in [3.8, 4) is 22.3 Å². The minimum atomic E-state index is -2.62. The second-order valence-electron chi connectivity index (χ2n) is 8.89. The van der Waals surface area contributed by atoms with Crippen LogP contribution < -0.4 is 5.32 Å². The van der Waals surface area contributed by atoms with E-state index in [0.29, 0.717) is 22.7 Å². The van der Waals surface area contributed by atoms with Crippen molar-refractivity contribution >= 4 is 34.6 Å². The molecular weight excluding hydrogens is 485 g/mol. The summed E-state index contributed by atoms with van der Waals surface area (Å²) in [4.78, 5) is 13.1.